The van der Waals surface area contributed by atoms with Crippen molar-refractivity contribution in [2.75, 3.05) is 16.4 Å². The minimum atomic E-state index is -0.232. The van der Waals surface area contributed by atoms with Gasteiger partial charge in [-0.05, 0) is 42.5 Å². The van der Waals surface area contributed by atoms with Gasteiger partial charge in [0.1, 0.15) is 0 Å². The molecule has 2 aromatic rings. The van der Waals surface area contributed by atoms with E-state index in [1.54, 1.807) is 48.5 Å². The Balaban J connectivity index is 2.11. The third-order valence-corrected chi connectivity index (χ3v) is 2.61. The molecule has 0 aliphatic heterocycles. The number of amides is 2. The van der Waals surface area contributed by atoms with E-state index in [1.165, 1.54) is 6.92 Å². The van der Waals surface area contributed by atoms with Gasteiger partial charge in [0.25, 0.3) is 5.91 Å². The standard InChI is InChI=1S/C15H15N3O2/c1-10(19)17-13-3-2-4-14(9-13)18-15(20)11-5-7-12(16)8-6-11/h2-9H,16H2,1H3,(H,17,19)(H,18,20). The van der Waals surface area contributed by atoms with Crippen molar-refractivity contribution in [1.82, 2.24) is 0 Å². The quantitative estimate of drug-likeness (QED) is 0.748. The van der Waals surface area contributed by atoms with Gasteiger partial charge in [0.15, 0.2) is 0 Å². The van der Waals surface area contributed by atoms with Crippen molar-refractivity contribution < 1.29 is 9.59 Å². The van der Waals surface area contributed by atoms with E-state index < -0.39 is 0 Å². The van der Waals surface area contributed by atoms with E-state index in [2.05, 4.69) is 10.6 Å². The Morgan fingerprint density at radius 2 is 1.55 bits per heavy atom. The molecule has 2 aromatic carbocycles. The molecule has 0 radical (unpaired) electrons. The number of benzene rings is 2. The number of rotatable bonds is 3. The summed E-state index contributed by atoms with van der Waals surface area (Å²) in [6.07, 6.45) is 0. The molecule has 0 fully saturated rings. The second kappa shape index (κ2) is 5.88. The molecule has 20 heavy (non-hydrogen) atoms. The largest absolute Gasteiger partial charge is 0.399 e. The molecule has 0 unspecified atom stereocenters. The number of hydrogen-bond acceptors (Lipinski definition) is 3. The minimum Gasteiger partial charge on any atom is -0.399 e. The van der Waals surface area contributed by atoms with E-state index in [-0.39, 0.29) is 11.8 Å². The SMILES string of the molecule is CC(=O)Nc1cccc(NC(=O)c2ccc(N)cc2)c1. The Morgan fingerprint density at radius 3 is 2.15 bits per heavy atom. The zero-order chi connectivity index (χ0) is 14.5. The van der Waals surface area contributed by atoms with Crippen molar-refractivity contribution in [3.8, 4) is 0 Å². The summed E-state index contributed by atoms with van der Waals surface area (Å²) in [5.41, 5.74) is 7.94. The first kappa shape index (κ1) is 13.6. The van der Waals surface area contributed by atoms with Crippen LogP contribution < -0.4 is 16.4 Å². The minimum absolute atomic E-state index is 0.160. The predicted octanol–water partition coefficient (Wildman–Crippen LogP) is 2.48. The highest BCUT2D eigenvalue weighted by Crippen LogP contribution is 2.16. The van der Waals surface area contributed by atoms with Gasteiger partial charge in [0.2, 0.25) is 5.91 Å². The van der Waals surface area contributed by atoms with E-state index in [9.17, 15) is 9.59 Å². The summed E-state index contributed by atoms with van der Waals surface area (Å²) >= 11 is 0. The second-order valence-electron chi connectivity index (χ2n) is 4.34. The molecule has 102 valence electrons. The smallest absolute Gasteiger partial charge is 0.255 e. The van der Waals surface area contributed by atoms with Crippen LogP contribution in [0.2, 0.25) is 0 Å². The third kappa shape index (κ3) is 3.58. The fourth-order valence-electron chi connectivity index (χ4n) is 1.72. The van der Waals surface area contributed by atoms with Crippen LogP contribution in [0.3, 0.4) is 0 Å². The lowest BCUT2D eigenvalue weighted by atomic mass is 10.2. The number of hydrogen-bond donors (Lipinski definition) is 3. The van der Waals surface area contributed by atoms with Crippen LogP contribution >= 0.6 is 0 Å². The van der Waals surface area contributed by atoms with E-state index in [1.807, 2.05) is 0 Å². The molecule has 2 rings (SSSR count). The molecular weight excluding hydrogens is 254 g/mol. The molecule has 0 saturated heterocycles. The summed E-state index contributed by atoms with van der Waals surface area (Å²) in [4.78, 5) is 23.0. The first-order chi connectivity index (χ1) is 9.54. The lowest BCUT2D eigenvalue weighted by molar-refractivity contribution is -0.114. The van der Waals surface area contributed by atoms with Gasteiger partial charge in [-0.1, -0.05) is 6.07 Å². The Bertz CT molecular complexity index is 636. The molecule has 0 saturated carbocycles. The van der Waals surface area contributed by atoms with Crippen LogP contribution in [0, 0.1) is 0 Å². The molecule has 0 aliphatic carbocycles. The molecule has 0 bridgehead atoms. The van der Waals surface area contributed by atoms with Gasteiger partial charge in [0, 0.05) is 29.5 Å². The van der Waals surface area contributed by atoms with Gasteiger partial charge in [-0.15, -0.1) is 0 Å². The molecule has 5 nitrogen and oxygen atoms in total. The molecule has 2 amide bonds. The van der Waals surface area contributed by atoms with Gasteiger partial charge in [-0.2, -0.15) is 0 Å². The Hall–Kier alpha value is -2.82. The van der Waals surface area contributed by atoms with E-state index >= 15 is 0 Å². The molecular formula is C15H15N3O2. The Labute approximate surface area is 116 Å². The summed E-state index contributed by atoms with van der Waals surface area (Å²) in [5, 5.41) is 5.42. The van der Waals surface area contributed by atoms with Crippen LogP contribution in [0.4, 0.5) is 17.1 Å². The maximum absolute atomic E-state index is 12.0. The third-order valence-electron chi connectivity index (χ3n) is 2.61. The summed E-state index contributed by atoms with van der Waals surface area (Å²) in [6, 6.07) is 13.6. The maximum atomic E-state index is 12.0. The fourth-order valence-corrected chi connectivity index (χ4v) is 1.72. The first-order valence-electron chi connectivity index (χ1n) is 6.09. The molecule has 0 heterocycles. The summed E-state index contributed by atoms with van der Waals surface area (Å²) < 4.78 is 0. The zero-order valence-corrected chi connectivity index (χ0v) is 11.0. The zero-order valence-electron chi connectivity index (χ0n) is 11.0. The molecule has 0 spiro atoms. The van der Waals surface area contributed by atoms with Crippen LogP contribution in [0.5, 0.6) is 0 Å². The average Bonchev–Trinajstić information content (AvgIpc) is 2.39. The van der Waals surface area contributed by atoms with Crippen LogP contribution in [0.25, 0.3) is 0 Å². The van der Waals surface area contributed by atoms with Crippen LogP contribution in [0.1, 0.15) is 17.3 Å². The van der Waals surface area contributed by atoms with Gasteiger partial charge < -0.3 is 16.4 Å². The summed E-state index contributed by atoms with van der Waals surface area (Å²) in [5.74, 6) is -0.392. The molecule has 0 aromatic heterocycles. The highest BCUT2D eigenvalue weighted by Gasteiger charge is 2.06. The average molecular weight is 269 g/mol. The van der Waals surface area contributed by atoms with Crippen molar-refractivity contribution in [2.24, 2.45) is 0 Å². The molecule has 0 atom stereocenters. The lowest BCUT2D eigenvalue weighted by Crippen LogP contribution is -2.12. The van der Waals surface area contributed by atoms with Crippen molar-refractivity contribution in [2.45, 2.75) is 6.92 Å². The van der Waals surface area contributed by atoms with Crippen LogP contribution in [-0.2, 0) is 4.79 Å². The maximum Gasteiger partial charge on any atom is 0.255 e. The number of carbonyl (C=O) groups excluding carboxylic acids is 2. The van der Waals surface area contributed by atoms with E-state index in [4.69, 9.17) is 5.73 Å². The highest BCUT2D eigenvalue weighted by atomic mass is 16.2. The van der Waals surface area contributed by atoms with Crippen molar-refractivity contribution >= 4 is 28.9 Å². The molecule has 4 N–H and O–H groups in total. The van der Waals surface area contributed by atoms with E-state index in [0.29, 0.717) is 22.6 Å². The summed E-state index contributed by atoms with van der Waals surface area (Å²) in [7, 11) is 0. The Kier molecular flexibility index (Phi) is 4.00. The highest BCUT2D eigenvalue weighted by molar-refractivity contribution is 6.04. The topological polar surface area (TPSA) is 84.2 Å². The lowest BCUT2D eigenvalue weighted by Gasteiger charge is -2.08. The molecule has 0 aliphatic rings. The van der Waals surface area contributed by atoms with Crippen LogP contribution in [-0.4, -0.2) is 11.8 Å². The van der Waals surface area contributed by atoms with Gasteiger partial charge >= 0.3 is 0 Å². The number of nitrogen functional groups attached to an aromatic ring is 1. The summed E-state index contributed by atoms with van der Waals surface area (Å²) in [6.45, 7) is 1.43. The fraction of sp³-hybridized carbons (Fsp3) is 0.0667. The second-order valence-corrected chi connectivity index (χ2v) is 4.34. The van der Waals surface area contributed by atoms with E-state index in [0.717, 1.165) is 0 Å². The van der Waals surface area contributed by atoms with Crippen molar-refractivity contribution in [3.63, 3.8) is 0 Å². The Morgan fingerprint density at radius 1 is 0.950 bits per heavy atom. The first-order valence-corrected chi connectivity index (χ1v) is 6.09. The number of carbonyl (C=O) groups is 2. The normalized spacial score (nSPS) is 9.85. The monoisotopic (exact) mass is 269 g/mol. The number of nitrogens with two attached hydrogens (primary N) is 1. The number of anilines is 3. The van der Waals surface area contributed by atoms with Gasteiger partial charge in [-0.3, -0.25) is 9.59 Å². The molecule has 5 heteroatoms. The van der Waals surface area contributed by atoms with Gasteiger partial charge in [0.05, 0.1) is 0 Å². The number of nitrogens with one attached hydrogen (secondary N) is 2. The van der Waals surface area contributed by atoms with Crippen molar-refractivity contribution in [3.05, 3.63) is 54.1 Å². The van der Waals surface area contributed by atoms with Crippen molar-refractivity contribution in [1.29, 1.82) is 0 Å². The van der Waals surface area contributed by atoms with Gasteiger partial charge in [-0.25, -0.2) is 0 Å². The van der Waals surface area contributed by atoms with Crippen LogP contribution in [0.15, 0.2) is 48.5 Å². The predicted molar refractivity (Wildman–Crippen MR) is 79.6 cm³/mol.